The summed E-state index contributed by atoms with van der Waals surface area (Å²) in [5.41, 5.74) is 18.7. The first-order valence-electron chi connectivity index (χ1n) is 21.7. The van der Waals surface area contributed by atoms with E-state index >= 15 is 0 Å². The van der Waals surface area contributed by atoms with Crippen molar-refractivity contribution >= 4 is 69.0 Å². The van der Waals surface area contributed by atoms with Crippen LogP contribution in [0.15, 0.2) is 182 Å². The molecule has 3 heterocycles. The first-order valence-corrected chi connectivity index (χ1v) is 23.7. The molecule has 0 radical (unpaired) electrons. The molecule has 0 atom stereocenters. The third kappa shape index (κ3) is 4.43. The van der Waals surface area contributed by atoms with Crippen molar-refractivity contribution in [2.24, 2.45) is 0 Å². The predicted molar refractivity (Wildman–Crippen MR) is 258 cm³/mol. The molecule has 8 aromatic rings. The van der Waals surface area contributed by atoms with Crippen LogP contribution in [0, 0.1) is 0 Å². The minimum absolute atomic E-state index is 0.0257. The molecule has 3 aliphatic heterocycles. The van der Waals surface area contributed by atoms with Gasteiger partial charge in [-0.25, -0.2) is 0 Å². The van der Waals surface area contributed by atoms with Crippen LogP contribution in [0.3, 0.4) is 0 Å². The van der Waals surface area contributed by atoms with Crippen molar-refractivity contribution in [3.63, 3.8) is 0 Å². The highest BCUT2D eigenvalue weighted by molar-refractivity contribution is 7.22. The van der Waals surface area contributed by atoms with E-state index in [1.807, 2.05) is 0 Å². The van der Waals surface area contributed by atoms with E-state index in [2.05, 4.69) is 228 Å². The zero-order valence-corrected chi connectivity index (χ0v) is 36.3. The summed E-state index contributed by atoms with van der Waals surface area (Å²) in [6.45, 7) is 14.3. The highest BCUT2D eigenvalue weighted by Crippen LogP contribution is 2.58. The van der Waals surface area contributed by atoms with Gasteiger partial charge in [-0.15, -0.1) is 0 Å². The Kier molecular flexibility index (Phi) is 7.28. The molecule has 0 saturated heterocycles. The van der Waals surface area contributed by atoms with Crippen LogP contribution in [-0.4, -0.2) is 14.8 Å². The molecule has 0 fully saturated rings. The fraction of sp³-hybridized carbons (Fsp3) is 0.158. The molecule has 0 saturated carbocycles. The van der Waals surface area contributed by atoms with Gasteiger partial charge in [0.25, 0.3) is 0 Å². The highest BCUT2D eigenvalue weighted by atomic mass is 28.3. The lowest BCUT2D eigenvalue weighted by atomic mass is 9.29. The van der Waals surface area contributed by atoms with E-state index in [4.69, 9.17) is 0 Å². The van der Waals surface area contributed by atoms with E-state index < -0.39 is 13.5 Å². The Bertz CT molecular complexity index is 2990. The first kappa shape index (κ1) is 35.8. The highest BCUT2D eigenvalue weighted by Gasteiger charge is 2.58. The van der Waals surface area contributed by atoms with Crippen LogP contribution in [0.25, 0.3) is 11.1 Å². The van der Waals surface area contributed by atoms with Crippen LogP contribution in [0.1, 0.15) is 74.9 Å². The molecule has 1 nitrogen and oxygen atoms in total. The van der Waals surface area contributed by atoms with Gasteiger partial charge in [0.2, 0.25) is 6.71 Å². The number of hydrogen-bond acceptors (Lipinski definition) is 1. The van der Waals surface area contributed by atoms with Crippen LogP contribution < -0.4 is 42.0 Å². The van der Waals surface area contributed by atoms with Gasteiger partial charge in [-0.3, -0.25) is 0 Å². The molecular formula is C57H48BNSi. The fourth-order valence-corrected chi connectivity index (χ4v) is 17.1. The van der Waals surface area contributed by atoms with Gasteiger partial charge in [0.15, 0.2) is 8.07 Å². The summed E-state index contributed by atoms with van der Waals surface area (Å²) in [5, 5.41) is 5.75. The van der Waals surface area contributed by atoms with Gasteiger partial charge in [-0.1, -0.05) is 217 Å². The first-order chi connectivity index (χ1) is 29.1. The van der Waals surface area contributed by atoms with E-state index in [1.165, 1.54) is 98.7 Å². The Morgan fingerprint density at radius 3 is 1.62 bits per heavy atom. The van der Waals surface area contributed by atoms with Crippen LogP contribution in [0.2, 0.25) is 0 Å². The van der Waals surface area contributed by atoms with Crippen LogP contribution >= 0.6 is 0 Å². The lowest BCUT2D eigenvalue weighted by Gasteiger charge is -2.52. The molecule has 1 aliphatic carbocycles. The summed E-state index contributed by atoms with van der Waals surface area (Å²) in [7, 11) is -2.84. The summed E-state index contributed by atoms with van der Waals surface area (Å²) < 4.78 is 0. The molecule has 60 heavy (non-hydrogen) atoms. The maximum Gasteiger partial charge on any atom is 0.247 e. The molecule has 8 aromatic carbocycles. The summed E-state index contributed by atoms with van der Waals surface area (Å²) in [4.78, 5) is 2.72. The molecule has 288 valence electrons. The van der Waals surface area contributed by atoms with Crippen molar-refractivity contribution < 1.29 is 0 Å². The Hall–Kier alpha value is -6.16. The quantitative estimate of drug-likeness (QED) is 0.158. The Morgan fingerprint density at radius 2 is 0.983 bits per heavy atom. The van der Waals surface area contributed by atoms with Crippen molar-refractivity contribution in [2.45, 2.75) is 57.8 Å². The van der Waals surface area contributed by atoms with Gasteiger partial charge in [0.05, 0.1) is 5.41 Å². The largest absolute Gasteiger partial charge is 0.312 e. The zero-order valence-electron chi connectivity index (χ0n) is 35.3. The Labute approximate surface area is 356 Å². The molecule has 0 aromatic heterocycles. The molecule has 1 spiro atoms. The molecule has 12 rings (SSSR count). The second-order valence-electron chi connectivity index (χ2n) is 19.6. The monoisotopic (exact) mass is 785 g/mol. The third-order valence-electron chi connectivity index (χ3n) is 14.5. The van der Waals surface area contributed by atoms with Crippen molar-refractivity contribution in [3.8, 4) is 11.1 Å². The topological polar surface area (TPSA) is 3.24 Å². The van der Waals surface area contributed by atoms with E-state index in [-0.39, 0.29) is 17.5 Å². The molecule has 0 bridgehead atoms. The summed E-state index contributed by atoms with van der Waals surface area (Å²) in [6.07, 6.45) is 0. The fourth-order valence-electron chi connectivity index (χ4n) is 11.9. The number of anilines is 3. The number of hydrogen-bond donors (Lipinski definition) is 0. The zero-order chi connectivity index (χ0) is 40.8. The second kappa shape index (κ2) is 12.2. The van der Waals surface area contributed by atoms with Crippen LogP contribution in [0.4, 0.5) is 17.1 Å². The molecule has 0 N–H and O–H groups in total. The smallest absolute Gasteiger partial charge is 0.247 e. The third-order valence-corrected chi connectivity index (χ3v) is 19.4. The van der Waals surface area contributed by atoms with Gasteiger partial charge in [0.1, 0.15) is 0 Å². The maximum atomic E-state index is 2.72. The summed E-state index contributed by atoms with van der Waals surface area (Å²) in [6, 6.07) is 71.1. The minimum atomic E-state index is -2.84. The molecule has 0 unspecified atom stereocenters. The van der Waals surface area contributed by atoms with E-state index in [0.717, 1.165) is 0 Å². The van der Waals surface area contributed by atoms with E-state index in [1.54, 1.807) is 0 Å². The SMILES string of the molecule is CC(C)(C)c1ccc2c(c1)C1(c3ccccc3-c3ccccc31)c1cc(C(C)(C)C)cc3c1B2c1cccc2c1N3c1ccccc1[Si]2(c1ccccc1)c1ccccc1. The molecule has 3 heteroatoms. The summed E-state index contributed by atoms with van der Waals surface area (Å²) in [5.74, 6) is 0. The average Bonchev–Trinajstić information content (AvgIpc) is 3.56. The van der Waals surface area contributed by atoms with Gasteiger partial charge in [-0.05, 0) is 99.1 Å². The summed E-state index contributed by atoms with van der Waals surface area (Å²) >= 11 is 0. The Balaban J connectivity index is 1.29. The number of rotatable bonds is 2. The standard InChI is InChI=1S/C57H48BNSi/c1-55(2,3)37-32-33-47-45(34-37)57(43-26-15-13-24-41(43)42-25-14-16-27-44(42)57)46-35-38(56(4,5)6)36-50-53(46)58(47)48-28-19-31-52-54(48)59(50)49-29-17-18-30-51(49)60(52,39-20-9-7-10-21-39)40-22-11-8-12-23-40/h7-36H,1-6H3. The second-order valence-corrected chi connectivity index (χ2v) is 23.3. The van der Waals surface area contributed by atoms with Gasteiger partial charge in [-0.2, -0.15) is 0 Å². The average molecular weight is 786 g/mol. The lowest BCUT2D eigenvalue weighted by molar-refractivity contribution is 0.585. The Morgan fingerprint density at radius 1 is 0.433 bits per heavy atom. The predicted octanol–water partition coefficient (Wildman–Crippen LogP) is 8.95. The van der Waals surface area contributed by atoms with Crippen molar-refractivity contribution in [2.75, 3.05) is 4.90 Å². The minimum Gasteiger partial charge on any atom is -0.312 e. The van der Waals surface area contributed by atoms with E-state index in [9.17, 15) is 0 Å². The number of para-hydroxylation sites is 2. The number of fused-ring (bicyclic) bond motifs is 13. The lowest BCUT2D eigenvalue weighted by Crippen LogP contribution is -2.79. The normalized spacial score (nSPS) is 15.7. The van der Waals surface area contributed by atoms with Gasteiger partial charge >= 0.3 is 0 Å². The van der Waals surface area contributed by atoms with Crippen LogP contribution in [-0.2, 0) is 16.2 Å². The van der Waals surface area contributed by atoms with E-state index in [0.29, 0.717) is 0 Å². The van der Waals surface area contributed by atoms with Gasteiger partial charge < -0.3 is 4.90 Å². The van der Waals surface area contributed by atoms with Crippen LogP contribution in [0.5, 0.6) is 0 Å². The van der Waals surface area contributed by atoms with Crippen molar-refractivity contribution in [1.29, 1.82) is 0 Å². The molecule has 0 amide bonds. The molecule has 4 aliphatic rings. The maximum absolute atomic E-state index is 2.84. The van der Waals surface area contributed by atoms with Crippen molar-refractivity contribution in [1.82, 2.24) is 0 Å². The number of benzene rings is 8. The number of nitrogens with zero attached hydrogens (tertiary/aromatic N) is 1. The van der Waals surface area contributed by atoms with Gasteiger partial charge in [0, 0.05) is 17.1 Å². The molecular weight excluding hydrogens is 738 g/mol. The van der Waals surface area contributed by atoms with Crippen molar-refractivity contribution in [3.05, 3.63) is 215 Å².